The molecule has 0 heterocycles. The number of hydrogen-bond acceptors (Lipinski definition) is 3. The fourth-order valence-electron chi connectivity index (χ4n) is 3.92. The van der Waals surface area contributed by atoms with Gasteiger partial charge in [-0.1, -0.05) is 42.7 Å². The van der Waals surface area contributed by atoms with Crippen LogP contribution in [0.25, 0.3) is 11.6 Å². The van der Waals surface area contributed by atoms with Crippen LogP contribution in [0.5, 0.6) is 5.75 Å². The van der Waals surface area contributed by atoms with Gasteiger partial charge in [-0.3, -0.25) is 0 Å². The number of phenols is 1. The fraction of sp³-hybridized carbons (Fsp3) is 0.370. The van der Waals surface area contributed by atoms with Gasteiger partial charge >= 0.3 is 5.97 Å². The number of esters is 1. The van der Waals surface area contributed by atoms with E-state index in [0.29, 0.717) is 5.56 Å². The number of aromatic hydroxyl groups is 1. The second kappa shape index (κ2) is 9.95. The molecule has 4 heteroatoms. The summed E-state index contributed by atoms with van der Waals surface area (Å²) in [6.45, 7) is 5.37. The van der Waals surface area contributed by atoms with E-state index in [1.165, 1.54) is 36.6 Å². The second-order valence-corrected chi connectivity index (χ2v) is 9.04. The Hall–Kier alpha value is -2.88. The summed E-state index contributed by atoms with van der Waals surface area (Å²) < 4.78 is 20.2. The average molecular weight is 423 g/mol. The minimum Gasteiger partial charge on any atom is -0.508 e. The van der Waals surface area contributed by atoms with Gasteiger partial charge in [0.05, 0.1) is 0 Å². The molecule has 1 N–H and O–H groups in total. The minimum atomic E-state index is -0.590. The molecule has 0 saturated heterocycles. The Morgan fingerprint density at radius 1 is 0.968 bits per heavy atom. The summed E-state index contributed by atoms with van der Waals surface area (Å²) in [6, 6.07) is 12.2. The van der Waals surface area contributed by atoms with E-state index in [0.717, 1.165) is 42.4 Å². The van der Waals surface area contributed by atoms with Gasteiger partial charge in [0.2, 0.25) is 0 Å². The first-order chi connectivity index (χ1) is 14.7. The van der Waals surface area contributed by atoms with Crippen molar-refractivity contribution in [2.45, 2.75) is 64.9 Å². The maximum atomic E-state index is 15.0. The largest absolute Gasteiger partial charge is 0.508 e. The zero-order chi connectivity index (χ0) is 22.4. The highest BCUT2D eigenvalue weighted by molar-refractivity contribution is 5.88. The van der Waals surface area contributed by atoms with E-state index in [1.807, 2.05) is 18.2 Å². The fourth-order valence-corrected chi connectivity index (χ4v) is 3.92. The van der Waals surface area contributed by atoms with Gasteiger partial charge in [-0.25, -0.2) is 9.18 Å². The molecule has 31 heavy (non-hydrogen) atoms. The topological polar surface area (TPSA) is 46.5 Å². The smallest absolute Gasteiger partial charge is 0.331 e. The third-order valence-electron chi connectivity index (χ3n) is 5.31. The summed E-state index contributed by atoms with van der Waals surface area (Å²) in [5.74, 6) is -0.674. The molecule has 2 aromatic carbocycles. The molecule has 0 spiro atoms. The highest BCUT2D eigenvalue weighted by Crippen LogP contribution is 2.35. The van der Waals surface area contributed by atoms with E-state index in [9.17, 15) is 14.3 Å². The van der Waals surface area contributed by atoms with E-state index in [1.54, 1.807) is 39.0 Å². The Bertz CT molecular complexity index is 969. The van der Waals surface area contributed by atoms with Crippen LogP contribution in [0.2, 0.25) is 0 Å². The molecule has 0 amide bonds. The number of hydrogen-bond donors (Lipinski definition) is 1. The highest BCUT2D eigenvalue weighted by atomic mass is 19.1. The first kappa shape index (κ1) is 22.8. The van der Waals surface area contributed by atoms with E-state index in [2.05, 4.69) is 0 Å². The molecule has 3 rings (SSSR count). The minimum absolute atomic E-state index is 0.211. The maximum absolute atomic E-state index is 15.0. The maximum Gasteiger partial charge on any atom is 0.331 e. The van der Waals surface area contributed by atoms with Crippen LogP contribution in [0.4, 0.5) is 4.39 Å². The molecule has 1 aliphatic rings. The lowest BCUT2D eigenvalue weighted by Gasteiger charge is -2.18. The Morgan fingerprint density at radius 2 is 1.58 bits per heavy atom. The molecule has 0 atom stereocenters. The highest BCUT2D eigenvalue weighted by Gasteiger charge is 2.17. The summed E-state index contributed by atoms with van der Waals surface area (Å²) in [6.07, 6.45) is 9.41. The molecule has 3 nitrogen and oxygen atoms in total. The Balaban J connectivity index is 1.95. The van der Waals surface area contributed by atoms with Crippen LogP contribution < -0.4 is 0 Å². The van der Waals surface area contributed by atoms with Crippen molar-refractivity contribution >= 4 is 17.6 Å². The van der Waals surface area contributed by atoms with Crippen molar-refractivity contribution in [3.8, 4) is 5.75 Å². The van der Waals surface area contributed by atoms with Crippen LogP contribution in [0.3, 0.4) is 0 Å². The predicted octanol–water partition coefficient (Wildman–Crippen LogP) is 7.04. The standard InChI is InChI=1S/C27H31FO3/c1-27(2,3)31-25(30)17-14-19-10-11-22(18-24(19)28)26(20-8-6-4-5-7-9-20)21-12-15-23(29)16-13-21/h10-18,29H,4-9H2,1-3H3. The van der Waals surface area contributed by atoms with Crippen LogP contribution in [-0.4, -0.2) is 16.7 Å². The molecule has 0 radical (unpaired) electrons. The number of carbonyl (C=O) groups is 1. The van der Waals surface area contributed by atoms with E-state index in [-0.39, 0.29) is 11.6 Å². The Morgan fingerprint density at radius 3 is 2.16 bits per heavy atom. The van der Waals surface area contributed by atoms with Gasteiger partial charge in [-0.15, -0.1) is 0 Å². The predicted molar refractivity (Wildman–Crippen MR) is 123 cm³/mol. The zero-order valence-corrected chi connectivity index (χ0v) is 18.6. The van der Waals surface area contributed by atoms with Crippen LogP contribution in [0.1, 0.15) is 76.0 Å². The lowest BCUT2D eigenvalue weighted by atomic mass is 9.89. The molecule has 0 bridgehead atoms. The molecule has 164 valence electrons. The number of allylic oxidation sites excluding steroid dienone is 1. The van der Waals surface area contributed by atoms with Gasteiger partial charge in [0.1, 0.15) is 17.2 Å². The lowest BCUT2D eigenvalue weighted by molar-refractivity contribution is -0.148. The average Bonchev–Trinajstić information content (AvgIpc) is 2.97. The summed E-state index contributed by atoms with van der Waals surface area (Å²) in [7, 11) is 0. The first-order valence-electron chi connectivity index (χ1n) is 11.0. The summed E-state index contributed by atoms with van der Waals surface area (Å²) in [4.78, 5) is 11.9. The van der Waals surface area contributed by atoms with Crippen molar-refractivity contribution in [2.75, 3.05) is 0 Å². The van der Waals surface area contributed by atoms with Crippen molar-refractivity contribution < 1.29 is 19.0 Å². The summed E-state index contributed by atoms with van der Waals surface area (Å²) >= 11 is 0. The van der Waals surface area contributed by atoms with Crippen molar-refractivity contribution in [1.82, 2.24) is 0 Å². The molecule has 0 aromatic heterocycles. The number of carbonyl (C=O) groups excluding carboxylic acids is 1. The van der Waals surface area contributed by atoms with Gasteiger partial charge in [0.15, 0.2) is 0 Å². The third kappa shape index (κ3) is 6.55. The quantitative estimate of drug-likeness (QED) is 0.326. The van der Waals surface area contributed by atoms with Crippen LogP contribution in [0, 0.1) is 5.82 Å². The molecular weight excluding hydrogens is 391 g/mol. The number of phenolic OH excluding ortho intramolecular Hbond substituents is 1. The molecule has 1 saturated carbocycles. The van der Waals surface area contributed by atoms with Crippen molar-refractivity contribution in [2.24, 2.45) is 0 Å². The molecule has 1 aliphatic carbocycles. The van der Waals surface area contributed by atoms with E-state index >= 15 is 0 Å². The van der Waals surface area contributed by atoms with Gasteiger partial charge in [-0.2, -0.15) is 0 Å². The third-order valence-corrected chi connectivity index (χ3v) is 5.31. The van der Waals surface area contributed by atoms with Crippen LogP contribution in [-0.2, 0) is 9.53 Å². The van der Waals surface area contributed by atoms with Crippen LogP contribution >= 0.6 is 0 Å². The molecule has 0 unspecified atom stereocenters. The van der Waals surface area contributed by atoms with Gasteiger partial charge in [0, 0.05) is 11.6 Å². The normalized spacial score (nSPS) is 15.0. The van der Waals surface area contributed by atoms with E-state index < -0.39 is 11.6 Å². The van der Waals surface area contributed by atoms with Gasteiger partial charge in [0.25, 0.3) is 0 Å². The SMILES string of the molecule is CC(C)(C)OC(=O)C=Cc1ccc(C(=C2CCCCCC2)c2ccc(O)cc2)cc1F. The monoisotopic (exact) mass is 422 g/mol. The second-order valence-electron chi connectivity index (χ2n) is 9.04. The first-order valence-corrected chi connectivity index (χ1v) is 11.0. The van der Waals surface area contributed by atoms with Crippen molar-refractivity contribution in [3.05, 3.63) is 76.6 Å². The zero-order valence-electron chi connectivity index (χ0n) is 18.6. The number of ether oxygens (including phenoxy) is 1. The van der Waals surface area contributed by atoms with Gasteiger partial charge in [-0.05, 0) is 87.4 Å². The molecular formula is C27H31FO3. The van der Waals surface area contributed by atoms with E-state index in [4.69, 9.17) is 4.74 Å². The Labute approximate surface area is 184 Å². The van der Waals surface area contributed by atoms with Crippen LogP contribution in [0.15, 0.2) is 54.1 Å². The number of halogens is 1. The summed E-state index contributed by atoms with van der Waals surface area (Å²) in [5, 5.41) is 9.70. The lowest BCUT2D eigenvalue weighted by Crippen LogP contribution is -2.22. The van der Waals surface area contributed by atoms with Gasteiger partial charge < -0.3 is 9.84 Å². The number of benzene rings is 2. The molecule has 0 aliphatic heterocycles. The Kier molecular flexibility index (Phi) is 7.32. The molecule has 2 aromatic rings. The van der Waals surface area contributed by atoms with Crippen molar-refractivity contribution in [3.63, 3.8) is 0 Å². The summed E-state index contributed by atoms with van der Waals surface area (Å²) in [5.41, 5.74) is 3.92. The molecule has 1 fully saturated rings. The van der Waals surface area contributed by atoms with Crippen molar-refractivity contribution in [1.29, 1.82) is 0 Å². The number of rotatable bonds is 4.